The largest absolute Gasteiger partial charge is 0.509 e. The molecule has 0 bridgehead atoms. The van der Waals surface area contributed by atoms with E-state index in [1.54, 1.807) is 0 Å². The van der Waals surface area contributed by atoms with Gasteiger partial charge in [0.05, 0.1) is 0 Å². The van der Waals surface area contributed by atoms with Crippen LogP contribution in [0.3, 0.4) is 0 Å². The number of anilines is 4. The van der Waals surface area contributed by atoms with Crippen molar-refractivity contribution >= 4 is 44.6 Å². The number of para-hydroxylation sites is 1. The molecule has 6 heteroatoms. The number of benzene rings is 6. The number of pyridine rings is 1. The molecule has 0 N–H and O–H groups in total. The molecule has 9 rings (SSSR count). The number of aromatic nitrogens is 2. The third-order valence-electron chi connectivity index (χ3n) is 12.3. The van der Waals surface area contributed by atoms with Gasteiger partial charge in [0.1, 0.15) is 5.82 Å². The van der Waals surface area contributed by atoms with E-state index in [-0.39, 0.29) is 42.7 Å². The third kappa shape index (κ3) is 8.52. The second kappa shape index (κ2) is 16.4. The molecule has 0 saturated heterocycles. The molecule has 0 fully saturated rings. The third-order valence-corrected chi connectivity index (χ3v) is 12.3. The van der Waals surface area contributed by atoms with Crippen molar-refractivity contribution in [3.63, 3.8) is 0 Å². The molecule has 0 aliphatic carbocycles. The molecule has 0 radical (unpaired) electrons. The molecule has 0 spiro atoms. The summed E-state index contributed by atoms with van der Waals surface area (Å²) >= 11 is 0. The normalized spacial score (nSPS) is 13.4. The molecule has 3 heterocycles. The van der Waals surface area contributed by atoms with Crippen LogP contribution in [0.1, 0.15) is 105 Å². The summed E-state index contributed by atoms with van der Waals surface area (Å²) in [5, 5.41) is 2.27. The minimum Gasteiger partial charge on any atom is -0.509 e. The fraction of sp³-hybridized carbons (Fsp3) is 0.276. The molecule has 0 atom stereocenters. The zero-order valence-electron chi connectivity index (χ0n) is 39.3. The maximum absolute atomic E-state index is 6.73. The molecule has 1 aliphatic rings. The maximum atomic E-state index is 6.73. The van der Waals surface area contributed by atoms with E-state index in [0.29, 0.717) is 11.5 Å². The fourth-order valence-electron chi connectivity index (χ4n) is 8.52. The van der Waals surface area contributed by atoms with E-state index in [1.807, 2.05) is 24.4 Å². The summed E-state index contributed by atoms with van der Waals surface area (Å²) in [7, 11) is 0. The van der Waals surface area contributed by atoms with Crippen LogP contribution in [0.5, 0.6) is 11.5 Å². The van der Waals surface area contributed by atoms with Gasteiger partial charge in [-0.1, -0.05) is 149 Å². The van der Waals surface area contributed by atoms with Gasteiger partial charge >= 0.3 is 0 Å². The van der Waals surface area contributed by atoms with Crippen LogP contribution in [-0.2, 0) is 42.7 Å². The van der Waals surface area contributed by atoms with Crippen LogP contribution < -0.4 is 14.5 Å². The van der Waals surface area contributed by atoms with E-state index in [4.69, 9.17) is 9.72 Å². The summed E-state index contributed by atoms with van der Waals surface area (Å²) in [6.07, 6.45) is 1.92. The Hall–Kier alpha value is -5.64. The van der Waals surface area contributed by atoms with Crippen LogP contribution in [0, 0.1) is 18.8 Å². The Morgan fingerprint density at radius 3 is 1.84 bits per heavy atom. The van der Waals surface area contributed by atoms with Gasteiger partial charge in [-0.2, -0.15) is 12.1 Å². The van der Waals surface area contributed by atoms with Gasteiger partial charge < -0.3 is 19.1 Å². The summed E-state index contributed by atoms with van der Waals surface area (Å²) in [5.41, 5.74) is 13.5. The number of fused-ring (bicyclic) bond motifs is 4. The number of rotatable bonds is 6. The van der Waals surface area contributed by atoms with Crippen molar-refractivity contribution in [1.82, 2.24) is 9.55 Å². The molecule has 8 aromatic rings. The minimum atomic E-state index is -0.0343. The molecule has 5 nitrogen and oxygen atoms in total. The average molecular weight is 1020 g/mol. The van der Waals surface area contributed by atoms with Gasteiger partial charge in [0, 0.05) is 66.9 Å². The van der Waals surface area contributed by atoms with Crippen molar-refractivity contribution in [2.24, 2.45) is 0 Å². The number of nitrogens with zero attached hydrogens (tertiary/aromatic N) is 4. The predicted molar refractivity (Wildman–Crippen MR) is 264 cm³/mol. The van der Waals surface area contributed by atoms with Gasteiger partial charge in [-0.05, 0) is 91.3 Å². The monoisotopic (exact) mass is 1020 g/mol. The molecule has 2 aromatic heterocycles. The second-order valence-corrected chi connectivity index (χ2v) is 21.2. The Kier molecular flexibility index (Phi) is 11.5. The van der Waals surface area contributed by atoms with Gasteiger partial charge in [0.15, 0.2) is 0 Å². The molecule has 0 saturated carbocycles. The molecule has 0 unspecified atom stereocenters. The first-order valence-corrected chi connectivity index (χ1v) is 22.2. The summed E-state index contributed by atoms with van der Waals surface area (Å²) in [6, 6.07) is 53.1. The van der Waals surface area contributed by atoms with Gasteiger partial charge in [-0.3, -0.25) is 0 Å². The van der Waals surface area contributed by atoms with E-state index < -0.39 is 0 Å². The maximum Gasteiger partial charge on any atom is 0.135 e. The molecule has 1 aliphatic heterocycles. The summed E-state index contributed by atoms with van der Waals surface area (Å²) in [5.74, 6) is 2.07. The predicted octanol–water partition coefficient (Wildman–Crippen LogP) is 15.8. The van der Waals surface area contributed by atoms with Gasteiger partial charge in [-0.25, -0.2) is 4.98 Å². The standard InChI is InChI=1S/C58H59N4O.Pt/c1-55(2,3)39-24-27-50-49(33-39)48-26-25-46(36-52(48)62(50)53-34-40(28-29-59-53)56(4,5)6)63-45-21-16-20-43(35-45)60-37-61(44-31-41(57(7,8)9)30-42(32-44)58(10,11)12)54-47(22-17-23-51(54)60)38-18-14-13-15-19-38;/h13-34,37H,1-12H3;/q-3;. The number of hydrogen-bond donors (Lipinski definition) is 0. The van der Waals surface area contributed by atoms with Crippen molar-refractivity contribution in [3.8, 4) is 28.4 Å². The van der Waals surface area contributed by atoms with Crippen molar-refractivity contribution in [2.45, 2.75) is 105 Å². The SMILES string of the molecule is CC(C)(C)c1cc(N2[CH-]N(c3[c-]c(Oc4[c-]c5c(cc4)c4cc(C(C)(C)C)ccc4n5-c4cc(C(C)(C)C)ccn4)ccc3)c3cccc(-c4ccccc4)c32)cc(C(C)(C)C)c1.[Pt]. The van der Waals surface area contributed by atoms with Crippen LogP contribution in [0.25, 0.3) is 38.8 Å². The fourth-order valence-corrected chi connectivity index (χ4v) is 8.52. The Bertz CT molecular complexity index is 2980. The first kappa shape index (κ1) is 44.9. The van der Waals surface area contributed by atoms with Crippen molar-refractivity contribution in [3.05, 3.63) is 175 Å². The molecule has 6 aromatic carbocycles. The zero-order chi connectivity index (χ0) is 44.6. The Labute approximate surface area is 395 Å². The minimum absolute atomic E-state index is 0. The quantitative estimate of drug-likeness (QED) is 0.155. The van der Waals surface area contributed by atoms with Crippen LogP contribution in [0.15, 0.2) is 134 Å². The van der Waals surface area contributed by atoms with Gasteiger partial charge in [-0.15, -0.1) is 48.1 Å². The van der Waals surface area contributed by atoms with E-state index >= 15 is 0 Å². The first-order valence-electron chi connectivity index (χ1n) is 22.2. The van der Waals surface area contributed by atoms with E-state index in [0.717, 1.165) is 56.1 Å². The summed E-state index contributed by atoms with van der Waals surface area (Å²) < 4.78 is 8.96. The van der Waals surface area contributed by atoms with Crippen molar-refractivity contribution in [2.75, 3.05) is 9.80 Å². The molecule has 64 heavy (non-hydrogen) atoms. The van der Waals surface area contributed by atoms with Gasteiger partial charge in [0.2, 0.25) is 0 Å². The molecule has 330 valence electrons. The van der Waals surface area contributed by atoms with Crippen LogP contribution in [0.4, 0.5) is 22.7 Å². The van der Waals surface area contributed by atoms with E-state index in [9.17, 15) is 0 Å². The molecular weight excluding hydrogens is 964 g/mol. The number of hydrogen-bond acceptors (Lipinski definition) is 4. The van der Waals surface area contributed by atoms with Gasteiger partial charge in [0.25, 0.3) is 0 Å². The Balaban J connectivity index is 0.00000560. The smallest absolute Gasteiger partial charge is 0.135 e. The van der Waals surface area contributed by atoms with Crippen LogP contribution in [0.2, 0.25) is 0 Å². The number of ether oxygens (including phenoxy) is 1. The molecular formula is C58H59N4OPt-3. The second-order valence-electron chi connectivity index (χ2n) is 21.2. The Morgan fingerprint density at radius 2 is 1.17 bits per heavy atom. The van der Waals surface area contributed by atoms with Crippen LogP contribution in [-0.4, -0.2) is 9.55 Å². The zero-order valence-corrected chi connectivity index (χ0v) is 41.6. The van der Waals surface area contributed by atoms with Crippen LogP contribution >= 0.6 is 0 Å². The topological polar surface area (TPSA) is 33.5 Å². The summed E-state index contributed by atoms with van der Waals surface area (Å²) in [4.78, 5) is 9.52. The van der Waals surface area contributed by atoms with E-state index in [1.165, 1.54) is 27.6 Å². The molecule has 0 amide bonds. The van der Waals surface area contributed by atoms with E-state index in [2.05, 4.69) is 225 Å². The van der Waals surface area contributed by atoms with Crippen molar-refractivity contribution in [1.29, 1.82) is 0 Å². The van der Waals surface area contributed by atoms with Crippen molar-refractivity contribution < 1.29 is 25.8 Å². The first-order chi connectivity index (χ1) is 29.7. The average Bonchev–Trinajstić information content (AvgIpc) is 3.79. The Morgan fingerprint density at radius 1 is 0.531 bits per heavy atom. The summed E-state index contributed by atoms with van der Waals surface area (Å²) in [6.45, 7) is 29.5.